The number of carbonyl (C=O) groups excluding carboxylic acids is 3. The zero-order valence-corrected chi connectivity index (χ0v) is 26.9. The molecular formula is C37H29IN2O5. The summed E-state index contributed by atoms with van der Waals surface area (Å²) >= 11 is 2.16. The van der Waals surface area contributed by atoms with Gasteiger partial charge in [0.1, 0.15) is 12.2 Å². The lowest BCUT2D eigenvalue weighted by Gasteiger charge is -2.34. The average Bonchev–Trinajstić information content (AvgIpc) is 3.03. The molecule has 0 unspecified atom stereocenters. The number of hydrogen-bond acceptors (Lipinski definition) is 5. The van der Waals surface area contributed by atoms with Crippen LogP contribution in [0, 0.1) is 10.5 Å². The van der Waals surface area contributed by atoms with Crippen molar-refractivity contribution in [2.75, 3.05) is 16.4 Å². The molecule has 0 saturated carbocycles. The molecule has 7 nitrogen and oxygen atoms in total. The molecule has 0 aliphatic carbocycles. The van der Waals surface area contributed by atoms with Crippen LogP contribution >= 0.6 is 22.6 Å². The first-order chi connectivity index (χ1) is 21.9. The van der Waals surface area contributed by atoms with Crippen LogP contribution in [0.5, 0.6) is 11.5 Å². The molecule has 0 spiro atoms. The van der Waals surface area contributed by atoms with Gasteiger partial charge in [0.15, 0.2) is 11.5 Å². The summed E-state index contributed by atoms with van der Waals surface area (Å²) in [5.41, 5.74) is 3.06. The average molecular weight is 709 g/mol. The lowest BCUT2D eigenvalue weighted by Crippen LogP contribution is -2.57. The highest BCUT2D eigenvalue weighted by Gasteiger charge is 2.44. The molecule has 45 heavy (non-hydrogen) atoms. The zero-order valence-electron chi connectivity index (χ0n) is 24.7. The summed E-state index contributed by atoms with van der Waals surface area (Å²) in [5.74, 6) is -0.355. The van der Waals surface area contributed by atoms with Gasteiger partial charge in [0.25, 0.3) is 11.8 Å². The van der Waals surface area contributed by atoms with Crippen molar-refractivity contribution in [2.24, 2.45) is 0 Å². The molecule has 1 heterocycles. The van der Waals surface area contributed by atoms with Crippen LogP contribution < -0.4 is 19.3 Å². The van der Waals surface area contributed by atoms with Crippen molar-refractivity contribution in [3.05, 3.63) is 135 Å². The third kappa shape index (κ3) is 6.06. The van der Waals surface area contributed by atoms with E-state index in [0.29, 0.717) is 47.0 Å². The zero-order chi connectivity index (χ0) is 31.5. The van der Waals surface area contributed by atoms with E-state index in [9.17, 15) is 14.4 Å². The van der Waals surface area contributed by atoms with Gasteiger partial charge in [-0.1, -0.05) is 78.9 Å². The van der Waals surface area contributed by atoms with Crippen LogP contribution in [0.15, 0.2) is 115 Å². The van der Waals surface area contributed by atoms with Gasteiger partial charge >= 0.3 is 6.03 Å². The highest BCUT2D eigenvalue weighted by atomic mass is 127. The Bertz CT molecular complexity index is 1970. The number of amides is 4. The molecule has 1 fully saturated rings. The standard InChI is InChI=1S/C37H29IN2O5/c1-3-44-33-22-26(21-31(38)34(33)45-23-25-12-5-4-6-13-25)20-30-35(41)39(28-16-9-11-24(2)19-28)37(43)40(36(30)42)32-18-10-15-27-14-7-8-17-29(27)32/h4-22H,3,23H2,1-2H3/b30-20+. The quantitative estimate of drug-likeness (QED) is 0.0921. The van der Waals surface area contributed by atoms with E-state index in [1.807, 2.05) is 86.6 Å². The van der Waals surface area contributed by atoms with E-state index < -0.39 is 17.8 Å². The summed E-state index contributed by atoms with van der Waals surface area (Å²) in [6.07, 6.45) is 1.52. The van der Waals surface area contributed by atoms with Gasteiger partial charge in [-0.15, -0.1) is 0 Å². The number of rotatable bonds is 8. The number of aryl methyl sites for hydroxylation is 1. The lowest BCUT2D eigenvalue weighted by atomic mass is 10.0. The fourth-order valence-electron chi connectivity index (χ4n) is 5.31. The Labute approximate surface area is 274 Å². The van der Waals surface area contributed by atoms with Crippen LogP contribution in [-0.2, 0) is 16.2 Å². The molecule has 0 bridgehead atoms. The van der Waals surface area contributed by atoms with E-state index in [4.69, 9.17) is 9.47 Å². The second kappa shape index (κ2) is 13.0. The summed E-state index contributed by atoms with van der Waals surface area (Å²) in [5, 5.41) is 1.58. The van der Waals surface area contributed by atoms with E-state index in [2.05, 4.69) is 22.6 Å². The van der Waals surface area contributed by atoms with E-state index in [1.54, 1.807) is 36.4 Å². The molecule has 5 aromatic rings. The van der Waals surface area contributed by atoms with Gasteiger partial charge in [-0.25, -0.2) is 14.6 Å². The topological polar surface area (TPSA) is 76.2 Å². The minimum absolute atomic E-state index is 0.153. The van der Waals surface area contributed by atoms with Crippen molar-refractivity contribution in [1.29, 1.82) is 0 Å². The number of hydrogen-bond donors (Lipinski definition) is 0. The first kappa shape index (κ1) is 30.1. The molecule has 1 aliphatic heterocycles. The van der Waals surface area contributed by atoms with Crippen molar-refractivity contribution in [3.8, 4) is 11.5 Å². The Balaban J connectivity index is 1.46. The van der Waals surface area contributed by atoms with Crippen LogP contribution in [0.25, 0.3) is 16.8 Å². The molecule has 1 saturated heterocycles. The lowest BCUT2D eigenvalue weighted by molar-refractivity contribution is -0.121. The van der Waals surface area contributed by atoms with Gasteiger partial charge in [-0.05, 0) is 94.9 Å². The van der Waals surface area contributed by atoms with E-state index in [0.717, 1.165) is 29.9 Å². The monoisotopic (exact) mass is 708 g/mol. The summed E-state index contributed by atoms with van der Waals surface area (Å²) in [4.78, 5) is 44.5. The van der Waals surface area contributed by atoms with Crippen molar-refractivity contribution in [2.45, 2.75) is 20.5 Å². The first-order valence-electron chi connectivity index (χ1n) is 14.5. The predicted molar refractivity (Wildman–Crippen MR) is 185 cm³/mol. The van der Waals surface area contributed by atoms with Crippen LogP contribution in [0.2, 0.25) is 0 Å². The minimum Gasteiger partial charge on any atom is -0.490 e. The van der Waals surface area contributed by atoms with Gasteiger partial charge in [-0.3, -0.25) is 9.59 Å². The number of barbiturate groups is 1. The molecule has 4 amide bonds. The number of nitrogens with zero attached hydrogens (tertiary/aromatic N) is 2. The maximum absolute atomic E-state index is 14.2. The second-order valence-electron chi connectivity index (χ2n) is 10.5. The summed E-state index contributed by atoms with van der Waals surface area (Å²) in [6.45, 7) is 4.49. The number of benzene rings is 5. The van der Waals surface area contributed by atoms with Crippen LogP contribution in [0.1, 0.15) is 23.6 Å². The second-order valence-corrected chi connectivity index (χ2v) is 11.7. The Morgan fingerprint density at radius 1 is 0.756 bits per heavy atom. The van der Waals surface area contributed by atoms with Gasteiger partial charge in [0.2, 0.25) is 0 Å². The number of carbonyl (C=O) groups is 3. The van der Waals surface area contributed by atoms with Crippen LogP contribution in [0.3, 0.4) is 0 Å². The number of halogens is 1. The fourth-order valence-corrected chi connectivity index (χ4v) is 6.09. The maximum Gasteiger partial charge on any atom is 0.343 e. The van der Waals surface area contributed by atoms with Gasteiger partial charge < -0.3 is 9.47 Å². The first-order valence-corrected chi connectivity index (χ1v) is 15.6. The SMILES string of the molecule is CCOc1cc(/C=C2\C(=O)N(c3cccc(C)c3)C(=O)N(c3cccc4ccccc34)C2=O)cc(I)c1OCc1ccccc1. The van der Waals surface area contributed by atoms with Gasteiger partial charge in [-0.2, -0.15) is 0 Å². The molecule has 6 rings (SSSR count). The van der Waals surface area contributed by atoms with E-state index in [1.165, 1.54) is 6.08 Å². The Morgan fingerprint density at radius 3 is 2.24 bits per heavy atom. The van der Waals surface area contributed by atoms with E-state index in [-0.39, 0.29) is 5.57 Å². The maximum atomic E-state index is 14.2. The van der Waals surface area contributed by atoms with Crippen LogP contribution in [0.4, 0.5) is 16.2 Å². The summed E-state index contributed by atoms with van der Waals surface area (Å²) in [7, 11) is 0. The Kier molecular flexibility index (Phi) is 8.66. The highest BCUT2D eigenvalue weighted by Crippen LogP contribution is 2.38. The Hall–Kier alpha value is -4.96. The molecular weight excluding hydrogens is 679 g/mol. The third-order valence-corrected chi connectivity index (χ3v) is 8.19. The number of anilines is 2. The third-order valence-electron chi connectivity index (χ3n) is 7.39. The van der Waals surface area contributed by atoms with Gasteiger partial charge in [0.05, 0.1) is 21.6 Å². The molecule has 0 aromatic heterocycles. The number of fused-ring (bicyclic) bond motifs is 1. The Morgan fingerprint density at radius 2 is 1.47 bits per heavy atom. The van der Waals surface area contributed by atoms with Crippen LogP contribution in [-0.4, -0.2) is 24.5 Å². The summed E-state index contributed by atoms with van der Waals surface area (Å²) < 4.78 is 12.9. The number of ether oxygens (including phenoxy) is 2. The molecule has 0 atom stereocenters. The smallest absolute Gasteiger partial charge is 0.343 e. The highest BCUT2D eigenvalue weighted by molar-refractivity contribution is 14.1. The molecule has 1 aliphatic rings. The largest absolute Gasteiger partial charge is 0.490 e. The normalized spacial score (nSPS) is 14.4. The molecule has 224 valence electrons. The molecule has 0 N–H and O–H groups in total. The number of urea groups is 1. The molecule has 5 aromatic carbocycles. The summed E-state index contributed by atoms with van der Waals surface area (Å²) in [6, 6.07) is 32.7. The van der Waals surface area contributed by atoms with Crippen molar-refractivity contribution in [1.82, 2.24) is 0 Å². The molecule has 0 radical (unpaired) electrons. The van der Waals surface area contributed by atoms with Crippen molar-refractivity contribution < 1.29 is 23.9 Å². The minimum atomic E-state index is -0.738. The van der Waals surface area contributed by atoms with Gasteiger partial charge in [0, 0.05) is 5.39 Å². The predicted octanol–water partition coefficient (Wildman–Crippen LogP) is 8.31. The van der Waals surface area contributed by atoms with Crippen molar-refractivity contribution in [3.63, 3.8) is 0 Å². The number of imide groups is 2. The fraction of sp³-hybridized carbons (Fsp3) is 0.108. The molecule has 8 heteroatoms. The van der Waals surface area contributed by atoms with E-state index >= 15 is 0 Å². The van der Waals surface area contributed by atoms with Crippen molar-refractivity contribution >= 4 is 68.7 Å².